The van der Waals surface area contributed by atoms with E-state index < -0.39 is 0 Å². The van der Waals surface area contributed by atoms with Gasteiger partial charge >= 0.3 is 0 Å². The van der Waals surface area contributed by atoms with Gasteiger partial charge in [-0.25, -0.2) is 0 Å². The van der Waals surface area contributed by atoms with Crippen LogP contribution in [0, 0.1) is 5.92 Å². The Morgan fingerprint density at radius 3 is 2.71 bits per heavy atom. The van der Waals surface area contributed by atoms with Crippen molar-refractivity contribution < 1.29 is 9.53 Å². The molecule has 2 N–H and O–H groups in total. The number of carbonyl (C=O) groups is 1. The molecule has 1 heterocycles. The topological polar surface area (TPSA) is 76.1 Å². The van der Waals surface area contributed by atoms with Gasteiger partial charge in [-0.1, -0.05) is 26.0 Å². The first-order valence-corrected chi connectivity index (χ1v) is 8.07. The summed E-state index contributed by atoms with van der Waals surface area (Å²) in [4.78, 5) is 12.1. The number of amides is 1. The normalized spacial score (nSPS) is 10.5. The number of nitrogens with zero attached hydrogens (tertiary/aromatic N) is 2. The zero-order chi connectivity index (χ0) is 17.4. The Morgan fingerprint density at radius 1 is 1.21 bits per heavy atom. The smallest absolute Gasteiger partial charge is 0.271 e. The molecule has 0 saturated carbocycles. The monoisotopic (exact) mass is 328 g/mol. The quantitative estimate of drug-likeness (QED) is 0.779. The number of anilines is 1. The highest BCUT2D eigenvalue weighted by atomic mass is 16.5. The van der Waals surface area contributed by atoms with Crippen molar-refractivity contribution in [2.75, 3.05) is 25.5 Å². The number of hydrogen-bond donors (Lipinski definition) is 2. The molecule has 0 aliphatic carbocycles. The number of benzene rings is 1. The predicted molar refractivity (Wildman–Crippen MR) is 94.4 cm³/mol. The molecule has 0 aliphatic rings. The van der Waals surface area contributed by atoms with Crippen LogP contribution in [0.4, 0.5) is 5.82 Å². The summed E-state index contributed by atoms with van der Waals surface area (Å²) in [5.74, 6) is 1.79. The van der Waals surface area contributed by atoms with Gasteiger partial charge in [0.15, 0.2) is 5.69 Å². The number of carbonyl (C=O) groups excluding carboxylic acids is 1. The second-order valence-corrected chi connectivity index (χ2v) is 5.94. The molecule has 2 aromatic rings. The van der Waals surface area contributed by atoms with E-state index in [0.717, 1.165) is 24.3 Å². The van der Waals surface area contributed by atoms with Gasteiger partial charge in [-0.15, -0.1) is 10.2 Å². The highest BCUT2D eigenvalue weighted by molar-refractivity contribution is 5.92. The van der Waals surface area contributed by atoms with Gasteiger partial charge in [-0.2, -0.15) is 0 Å². The molecule has 6 nitrogen and oxygen atoms in total. The summed E-state index contributed by atoms with van der Waals surface area (Å²) < 4.78 is 5.19. The molecule has 0 bridgehead atoms. The molecular weight excluding hydrogens is 304 g/mol. The van der Waals surface area contributed by atoms with E-state index in [1.165, 1.54) is 0 Å². The van der Waals surface area contributed by atoms with Crippen molar-refractivity contribution in [3.8, 4) is 5.75 Å². The van der Waals surface area contributed by atoms with Crippen LogP contribution in [-0.2, 0) is 6.42 Å². The maximum absolute atomic E-state index is 12.1. The maximum atomic E-state index is 12.1. The number of rotatable bonds is 8. The van der Waals surface area contributed by atoms with E-state index in [-0.39, 0.29) is 5.91 Å². The molecule has 1 aromatic heterocycles. The standard InChI is InChI=1S/C18H24N4O2/c1-13(2)12-20-17-8-7-16(21-22-17)18(23)19-10-9-14-5-4-6-15(11-14)24-3/h4-8,11,13H,9-10,12H2,1-3H3,(H,19,23)(H,20,22). The fraction of sp³-hybridized carbons (Fsp3) is 0.389. The average Bonchev–Trinajstić information content (AvgIpc) is 2.60. The van der Waals surface area contributed by atoms with Gasteiger partial charge in [0.25, 0.3) is 5.91 Å². The minimum atomic E-state index is -0.221. The lowest BCUT2D eigenvalue weighted by atomic mass is 10.1. The summed E-state index contributed by atoms with van der Waals surface area (Å²) in [6.07, 6.45) is 0.727. The highest BCUT2D eigenvalue weighted by Gasteiger charge is 2.08. The van der Waals surface area contributed by atoms with E-state index in [1.807, 2.05) is 24.3 Å². The van der Waals surface area contributed by atoms with Crippen LogP contribution in [0.1, 0.15) is 29.9 Å². The van der Waals surface area contributed by atoms with E-state index in [4.69, 9.17) is 4.74 Å². The van der Waals surface area contributed by atoms with Crippen LogP contribution in [0.15, 0.2) is 36.4 Å². The number of aromatic nitrogens is 2. The summed E-state index contributed by atoms with van der Waals surface area (Å²) in [7, 11) is 1.64. The first-order valence-electron chi connectivity index (χ1n) is 8.07. The molecule has 0 fully saturated rings. The largest absolute Gasteiger partial charge is 0.497 e. The van der Waals surface area contributed by atoms with Crippen LogP contribution in [0.5, 0.6) is 5.75 Å². The summed E-state index contributed by atoms with van der Waals surface area (Å²) in [5.41, 5.74) is 1.42. The number of hydrogen-bond acceptors (Lipinski definition) is 5. The van der Waals surface area contributed by atoms with Crippen molar-refractivity contribution in [1.29, 1.82) is 0 Å². The molecule has 1 aromatic carbocycles. The molecule has 0 saturated heterocycles. The molecule has 0 spiro atoms. The second kappa shape index (κ2) is 8.86. The third-order valence-electron chi connectivity index (χ3n) is 3.42. The van der Waals surface area contributed by atoms with Gasteiger partial charge in [-0.05, 0) is 42.2 Å². The van der Waals surface area contributed by atoms with E-state index in [0.29, 0.717) is 24.0 Å². The van der Waals surface area contributed by atoms with Gasteiger partial charge in [0.1, 0.15) is 11.6 Å². The Balaban J connectivity index is 1.81. The molecule has 0 aliphatic heterocycles. The maximum Gasteiger partial charge on any atom is 0.271 e. The van der Waals surface area contributed by atoms with Crippen LogP contribution in [0.2, 0.25) is 0 Å². The van der Waals surface area contributed by atoms with Crippen molar-refractivity contribution in [1.82, 2.24) is 15.5 Å². The number of ether oxygens (including phenoxy) is 1. The zero-order valence-electron chi connectivity index (χ0n) is 14.4. The lowest BCUT2D eigenvalue weighted by Gasteiger charge is -2.08. The molecule has 128 valence electrons. The van der Waals surface area contributed by atoms with Gasteiger partial charge in [0.2, 0.25) is 0 Å². The highest BCUT2D eigenvalue weighted by Crippen LogP contribution is 2.12. The van der Waals surface area contributed by atoms with Gasteiger partial charge in [0, 0.05) is 13.1 Å². The Hall–Kier alpha value is -2.63. The Bertz CT molecular complexity index is 656. The van der Waals surface area contributed by atoms with Crippen molar-refractivity contribution in [2.24, 2.45) is 5.92 Å². The number of methoxy groups -OCH3 is 1. The SMILES string of the molecule is COc1cccc(CCNC(=O)c2ccc(NCC(C)C)nn2)c1. The lowest BCUT2D eigenvalue weighted by molar-refractivity contribution is 0.0948. The fourth-order valence-electron chi connectivity index (χ4n) is 2.10. The molecule has 0 unspecified atom stereocenters. The van der Waals surface area contributed by atoms with E-state index >= 15 is 0 Å². The van der Waals surface area contributed by atoms with Gasteiger partial charge in [0.05, 0.1) is 7.11 Å². The summed E-state index contributed by atoms with van der Waals surface area (Å²) in [5, 5.41) is 14.0. The molecule has 2 rings (SSSR count). The van der Waals surface area contributed by atoms with Crippen molar-refractivity contribution in [3.05, 3.63) is 47.7 Å². The molecule has 6 heteroatoms. The van der Waals surface area contributed by atoms with Crippen LogP contribution >= 0.6 is 0 Å². The molecule has 24 heavy (non-hydrogen) atoms. The third kappa shape index (κ3) is 5.53. The first kappa shape index (κ1) is 17.7. The van der Waals surface area contributed by atoms with Crippen molar-refractivity contribution in [3.63, 3.8) is 0 Å². The number of nitrogens with one attached hydrogen (secondary N) is 2. The molecule has 0 radical (unpaired) electrons. The summed E-state index contributed by atoms with van der Waals surface area (Å²) >= 11 is 0. The summed E-state index contributed by atoms with van der Waals surface area (Å²) in [6, 6.07) is 11.2. The summed E-state index contributed by atoms with van der Waals surface area (Å²) in [6.45, 7) is 5.58. The molecule has 0 atom stereocenters. The van der Waals surface area contributed by atoms with E-state index in [9.17, 15) is 4.79 Å². The first-order chi connectivity index (χ1) is 11.6. The van der Waals surface area contributed by atoms with Crippen molar-refractivity contribution in [2.45, 2.75) is 20.3 Å². The third-order valence-corrected chi connectivity index (χ3v) is 3.42. The van der Waals surface area contributed by atoms with Crippen LogP contribution in [0.3, 0.4) is 0 Å². The second-order valence-electron chi connectivity index (χ2n) is 5.94. The molecule has 1 amide bonds. The Morgan fingerprint density at radius 2 is 2.04 bits per heavy atom. The molecular formula is C18H24N4O2. The van der Waals surface area contributed by atoms with Crippen molar-refractivity contribution >= 4 is 11.7 Å². The Kier molecular flexibility index (Phi) is 6.54. The minimum Gasteiger partial charge on any atom is -0.497 e. The Labute approximate surface area is 142 Å². The minimum absolute atomic E-state index is 0.221. The van der Waals surface area contributed by atoms with Crippen LogP contribution in [-0.4, -0.2) is 36.3 Å². The lowest BCUT2D eigenvalue weighted by Crippen LogP contribution is -2.26. The predicted octanol–water partition coefficient (Wildman–Crippen LogP) is 2.53. The van der Waals surface area contributed by atoms with Gasteiger partial charge < -0.3 is 15.4 Å². The fourth-order valence-corrected chi connectivity index (χ4v) is 2.10. The van der Waals surface area contributed by atoms with Crippen LogP contribution in [0.25, 0.3) is 0 Å². The van der Waals surface area contributed by atoms with E-state index in [2.05, 4.69) is 34.7 Å². The van der Waals surface area contributed by atoms with Crippen LogP contribution < -0.4 is 15.4 Å². The average molecular weight is 328 g/mol. The van der Waals surface area contributed by atoms with Gasteiger partial charge in [-0.3, -0.25) is 4.79 Å². The van der Waals surface area contributed by atoms with E-state index in [1.54, 1.807) is 19.2 Å². The zero-order valence-corrected chi connectivity index (χ0v) is 14.4.